The average molecular weight is 931 g/mol. The number of para-hydroxylation sites is 3. The van der Waals surface area contributed by atoms with Gasteiger partial charge in [0.1, 0.15) is 17.0 Å². The maximum Gasteiger partial charge on any atom is 0.136 e. The van der Waals surface area contributed by atoms with E-state index >= 15 is 0 Å². The van der Waals surface area contributed by atoms with Crippen LogP contribution in [-0.2, 0) is 37.3 Å². The van der Waals surface area contributed by atoms with E-state index in [1.807, 2.05) is 30.5 Å². The molecule has 0 aliphatic carbocycles. The monoisotopic (exact) mass is 930 g/mol. The van der Waals surface area contributed by atoms with Crippen LogP contribution in [-0.4, -0.2) is 9.55 Å². The molecule has 0 radical (unpaired) electrons. The quantitative estimate of drug-likeness (QED) is 0.161. The molecule has 0 spiro atoms. The zero-order valence-electron chi connectivity index (χ0n) is 34.0. The van der Waals surface area contributed by atoms with Gasteiger partial charge in [-0.15, -0.1) is 48.3 Å². The third-order valence-electron chi connectivity index (χ3n) is 10.8. The Hall–Kier alpha value is -5.32. The molecule has 0 unspecified atom stereocenters. The molecule has 9 rings (SSSR count). The minimum absolute atomic E-state index is 0. The van der Waals surface area contributed by atoms with Gasteiger partial charge >= 0.3 is 0 Å². The maximum atomic E-state index is 6.77. The molecule has 4 heterocycles. The van der Waals surface area contributed by atoms with Crippen LogP contribution in [0.5, 0.6) is 11.5 Å². The Balaban J connectivity index is 0.00000455. The van der Waals surface area contributed by atoms with Gasteiger partial charge in [-0.2, -0.15) is 6.07 Å². The Labute approximate surface area is 350 Å². The largest absolute Gasteiger partial charge is 0.509 e. The third kappa shape index (κ3) is 6.93. The molecular weight excluding hydrogens is 884 g/mol. The second-order valence-corrected chi connectivity index (χ2v) is 18.0. The zero-order valence-corrected chi connectivity index (χ0v) is 36.2. The second-order valence-electron chi connectivity index (χ2n) is 18.0. The minimum atomic E-state index is -0.151. The summed E-state index contributed by atoms with van der Waals surface area (Å²) in [6.07, 6.45) is 1.89. The van der Waals surface area contributed by atoms with Crippen molar-refractivity contribution in [2.45, 2.75) is 78.6 Å². The predicted octanol–water partition coefficient (Wildman–Crippen LogP) is 13.6. The molecule has 8 aromatic rings. The van der Waals surface area contributed by atoms with E-state index in [-0.39, 0.29) is 37.3 Å². The fraction of sp³-hybridized carbons (Fsp3) is 0.240. The fourth-order valence-corrected chi connectivity index (χ4v) is 7.56. The van der Waals surface area contributed by atoms with Gasteiger partial charge in [0.05, 0.1) is 5.52 Å². The molecule has 1 aliphatic rings. The molecule has 6 nitrogen and oxygen atoms in total. The first kappa shape index (κ1) is 38.5. The number of hydrogen-bond acceptors (Lipinski definition) is 5. The maximum absolute atomic E-state index is 6.77. The van der Waals surface area contributed by atoms with Crippen molar-refractivity contribution in [3.05, 3.63) is 151 Å². The van der Waals surface area contributed by atoms with Gasteiger partial charge in [0.2, 0.25) is 0 Å². The van der Waals surface area contributed by atoms with Crippen molar-refractivity contribution in [3.63, 3.8) is 0 Å². The first-order valence-electron chi connectivity index (χ1n) is 19.4. The first-order valence-corrected chi connectivity index (χ1v) is 19.4. The van der Waals surface area contributed by atoms with E-state index in [4.69, 9.17) is 14.1 Å². The van der Waals surface area contributed by atoms with E-state index in [0.29, 0.717) is 11.5 Å². The molecule has 1 aliphatic heterocycles. The number of benzene rings is 5. The van der Waals surface area contributed by atoms with E-state index in [9.17, 15) is 0 Å². The van der Waals surface area contributed by atoms with Gasteiger partial charge in [-0.3, -0.25) is 0 Å². The van der Waals surface area contributed by atoms with Crippen molar-refractivity contribution in [2.24, 2.45) is 0 Å². The SMILES string of the molecule is CC(C)(C)c1ccc(N2[CH-]N(c3[c-]c(Oc4[c-]c5c(cc4)c4oc6ccccc6c4n5-c4cc(C(C)(C)C)ccn4)cc(C(C)(C)C)c3)c3ccccc32)cc1.[Pt]. The van der Waals surface area contributed by atoms with E-state index in [0.717, 1.165) is 67.1 Å². The van der Waals surface area contributed by atoms with Crippen LogP contribution in [0.15, 0.2) is 120 Å². The Morgan fingerprint density at radius 3 is 1.98 bits per heavy atom. The molecule has 3 aromatic heterocycles. The van der Waals surface area contributed by atoms with E-state index in [1.165, 1.54) is 11.1 Å². The Kier molecular flexibility index (Phi) is 9.44. The van der Waals surface area contributed by atoms with E-state index in [2.05, 4.69) is 180 Å². The van der Waals surface area contributed by atoms with Crippen LogP contribution in [0.1, 0.15) is 79.0 Å². The number of hydrogen-bond donors (Lipinski definition) is 0. The van der Waals surface area contributed by atoms with Gasteiger partial charge in [-0.05, 0) is 75.9 Å². The molecule has 0 N–H and O–H groups in total. The van der Waals surface area contributed by atoms with Crippen LogP contribution < -0.4 is 14.5 Å². The van der Waals surface area contributed by atoms with E-state index in [1.54, 1.807) is 0 Å². The van der Waals surface area contributed by atoms with Gasteiger partial charge in [0.25, 0.3) is 0 Å². The molecule has 0 fully saturated rings. The molecule has 57 heavy (non-hydrogen) atoms. The van der Waals surface area contributed by atoms with Crippen molar-refractivity contribution >= 4 is 55.7 Å². The van der Waals surface area contributed by atoms with Crippen LogP contribution >= 0.6 is 0 Å². The zero-order chi connectivity index (χ0) is 39.1. The summed E-state index contributed by atoms with van der Waals surface area (Å²) < 4.78 is 15.4. The van der Waals surface area contributed by atoms with Gasteiger partial charge in [0.15, 0.2) is 0 Å². The second kappa shape index (κ2) is 14.0. The summed E-state index contributed by atoms with van der Waals surface area (Å²) in [6, 6.07) is 45.4. The Morgan fingerprint density at radius 2 is 1.28 bits per heavy atom. The molecule has 0 saturated carbocycles. The molecular formula is C50H47N4O2Pt-3. The summed E-state index contributed by atoms with van der Waals surface area (Å²) in [6.45, 7) is 22.2. The Bertz CT molecular complexity index is 2780. The molecule has 0 amide bonds. The smallest absolute Gasteiger partial charge is 0.136 e. The molecule has 5 aromatic carbocycles. The van der Waals surface area contributed by atoms with Crippen LogP contribution in [0.25, 0.3) is 38.8 Å². The van der Waals surface area contributed by atoms with E-state index < -0.39 is 0 Å². The number of rotatable bonds is 5. The number of aromatic nitrogens is 2. The summed E-state index contributed by atoms with van der Waals surface area (Å²) in [7, 11) is 0. The molecule has 0 atom stereocenters. The number of anilines is 4. The molecule has 292 valence electrons. The summed E-state index contributed by atoms with van der Waals surface area (Å²) in [5, 5.41) is 1.97. The number of pyridine rings is 1. The summed E-state index contributed by atoms with van der Waals surface area (Å²) in [5.41, 5.74) is 11.1. The van der Waals surface area contributed by atoms with Gasteiger partial charge in [0, 0.05) is 61.2 Å². The van der Waals surface area contributed by atoms with Gasteiger partial charge in [-0.1, -0.05) is 110 Å². The fourth-order valence-electron chi connectivity index (χ4n) is 7.56. The number of nitrogens with zero attached hydrogens (tertiary/aromatic N) is 4. The van der Waals surface area contributed by atoms with Crippen molar-refractivity contribution in [3.8, 4) is 17.3 Å². The topological polar surface area (TPSA) is 46.7 Å². The number of furan rings is 1. The van der Waals surface area contributed by atoms with Crippen LogP contribution in [0, 0.1) is 18.8 Å². The normalized spacial score (nSPS) is 13.4. The standard InChI is InChI=1S/C50H47N4O2.Pt/c1-48(2,3)32-18-20-35(21-19-32)52-31-53(42-16-12-11-15-41(42)52)36-26-34(50(7,8)9)27-38(29-36)55-37-22-23-39-43(30-37)54(45-28-33(24-25-51-45)49(4,5)6)46-40-14-10-13-17-44(40)56-47(39)46;/h10-28,31H,1-9H3;/q-3;. The van der Waals surface area contributed by atoms with Crippen molar-refractivity contribution in [2.75, 3.05) is 9.80 Å². The summed E-state index contributed by atoms with van der Waals surface area (Å²) >= 11 is 0. The third-order valence-corrected chi connectivity index (χ3v) is 10.8. The van der Waals surface area contributed by atoms with Gasteiger partial charge in [-0.25, -0.2) is 4.98 Å². The van der Waals surface area contributed by atoms with Crippen LogP contribution in [0.2, 0.25) is 0 Å². The predicted molar refractivity (Wildman–Crippen MR) is 230 cm³/mol. The molecule has 0 saturated heterocycles. The number of fused-ring (bicyclic) bond motifs is 6. The molecule has 7 heteroatoms. The van der Waals surface area contributed by atoms with Crippen molar-refractivity contribution in [1.82, 2.24) is 9.55 Å². The number of ether oxygens (including phenoxy) is 1. The van der Waals surface area contributed by atoms with Crippen molar-refractivity contribution < 1.29 is 30.2 Å². The minimum Gasteiger partial charge on any atom is -0.509 e. The summed E-state index contributed by atoms with van der Waals surface area (Å²) in [4.78, 5) is 9.35. The van der Waals surface area contributed by atoms with Crippen LogP contribution in [0.3, 0.4) is 0 Å². The average Bonchev–Trinajstić information content (AvgIpc) is 3.83. The molecule has 0 bridgehead atoms. The van der Waals surface area contributed by atoms with Gasteiger partial charge < -0.3 is 23.5 Å². The van der Waals surface area contributed by atoms with Crippen molar-refractivity contribution in [1.29, 1.82) is 0 Å². The summed E-state index contributed by atoms with van der Waals surface area (Å²) in [5.74, 6) is 2.00. The van der Waals surface area contributed by atoms with Crippen LogP contribution in [0.4, 0.5) is 22.7 Å². The first-order chi connectivity index (χ1) is 26.6. The Morgan fingerprint density at radius 1 is 0.614 bits per heavy atom.